The number of halogens is 3. The highest BCUT2D eigenvalue weighted by Gasteiger charge is 2.31. The number of hydrogen-bond acceptors (Lipinski definition) is 4. The van der Waals surface area contributed by atoms with Gasteiger partial charge in [0.1, 0.15) is 11.4 Å². The van der Waals surface area contributed by atoms with Gasteiger partial charge in [0.25, 0.3) is 5.56 Å². The molecule has 1 amide bonds. The molecule has 0 saturated heterocycles. The van der Waals surface area contributed by atoms with Crippen LogP contribution in [0, 0.1) is 13.8 Å². The van der Waals surface area contributed by atoms with E-state index in [1.807, 2.05) is 0 Å². The summed E-state index contributed by atoms with van der Waals surface area (Å²) in [6.07, 6.45) is 2.68. The fourth-order valence-electron chi connectivity index (χ4n) is 4.34. The zero-order valence-corrected chi connectivity index (χ0v) is 20.3. The maximum absolute atomic E-state index is 13.4. The summed E-state index contributed by atoms with van der Waals surface area (Å²) in [7, 11) is 0. The number of thiophene rings is 1. The molecule has 6 nitrogen and oxygen atoms in total. The molecule has 1 N–H and O–H groups in total. The van der Waals surface area contributed by atoms with Crippen molar-refractivity contribution >= 4 is 27.5 Å². The Labute approximate surface area is 203 Å². The number of aryl methyl sites for hydroxylation is 2. The van der Waals surface area contributed by atoms with Gasteiger partial charge in [-0.25, -0.2) is 9.36 Å². The van der Waals surface area contributed by atoms with Crippen molar-refractivity contribution in [2.24, 2.45) is 0 Å². The molecule has 1 aromatic carbocycles. The predicted octanol–water partition coefficient (Wildman–Crippen LogP) is 4.86. The summed E-state index contributed by atoms with van der Waals surface area (Å²) in [5, 5.41) is 3.05. The van der Waals surface area contributed by atoms with E-state index in [9.17, 15) is 27.6 Å². The quantitative estimate of drug-likeness (QED) is 0.487. The molecule has 4 rings (SSSR count). The first-order valence-electron chi connectivity index (χ1n) is 11.5. The van der Waals surface area contributed by atoms with E-state index >= 15 is 0 Å². The van der Waals surface area contributed by atoms with E-state index in [0.717, 1.165) is 53.3 Å². The number of alkyl halides is 3. The summed E-state index contributed by atoms with van der Waals surface area (Å²) in [6.45, 7) is 3.60. The predicted molar refractivity (Wildman–Crippen MR) is 130 cm³/mol. The smallest absolute Gasteiger partial charge is 0.354 e. The lowest BCUT2D eigenvalue weighted by atomic mass is 9.97. The molecular weight excluding hydrogens is 479 g/mol. The van der Waals surface area contributed by atoms with Crippen LogP contribution < -0.4 is 16.6 Å². The maximum atomic E-state index is 13.4. The standard InChI is InChI=1S/C25H26F3N3O3S/c1-15-16(2)35-23-21(15)22(33)31(19-10-6-9-18(13-19)25(26,27)28)24(34)30(23)14-20(32)29-12-11-17-7-4-3-5-8-17/h6-7,9-10,13H,3-5,8,11-12,14H2,1-2H3,(H,29,32). The molecule has 2 aromatic heterocycles. The highest BCUT2D eigenvalue weighted by atomic mass is 32.1. The average Bonchev–Trinajstić information content (AvgIpc) is 3.11. The molecule has 0 unspecified atom stereocenters. The molecule has 0 bridgehead atoms. The first kappa shape index (κ1) is 25.0. The largest absolute Gasteiger partial charge is 0.416 e. The normalized spacial score (nSPS) is 14.3. The summed E-state index contributed by atoms with van der Waals surface area (Å²) in [5.41, 5.74) is -0.785. The Bertz CT molecular complexity index is 1430. The third-order valence-corrected chi connectivity index (χ3v) is 7.57. The summed E-state index contributed by atoms with van der Waals surface area (Å²) < 4.78 is 41.7. The molecule has 3 aromatic rings. The fourth-order valence-corrected chi connectivity index (χ4v) is 5.48. The molecule has 2 heterocycles. The van der Waals surface area contributed by atoms with E-state index in [2.05, 4.69) is 11.4 Å². The molecule has 35 heavy (non-hydrogen) atoms. The van der Waals surface area contributed by atoms with Crippen LogP contribution >= 0.6 is 11.3 Å². The summed E-state index contributed by atoms with van der Waals surface area (Å²) in [6, 6.07) is 4.07. The van der Waals surface area contributed by atoms with Crippen molar-refractivity contribution in [2.45, 2.75) is 58.7 Å². The number of aromatic nitrogens is 2. The second-order valence-electron chi connectivity index (χ2n) is 8.73. The SMILES string of the molecule is Cc1sc2c(c1C)c(=O)n(-c1cccc(C(F)(F)F)c1)c(=O)n2CC(=O)NCCC1=CCCCC1. The number of rotatable bonds is 6. The van der Waals surface area contributed by atoms with Gasteiger partial charge in [0.05, 0.1) is 16.6 Å². The van der Waals surface area contributed by atoms with Gasteiger partial charge in [-0.3, -0.25) is 14.2 Å². The number of nitrogens with one attached hydrogen (secondary N) is 1. The van der Waals surface area contributed by atoms with Crippen LogP contribution in [0.1, 0.15) is 48.1 Å². The first-order chi connectivity index (χ1) is 16.6. The van der Waals surface area contributed by atoms with E-state index < -0.39 is 28.9 Å². The number of carbonyl (C=O) groups is 1. The average molecular weight is 506 g/mol. The molecule has 0 saturated carbocycles. The van der Waals surface area contributed by atoms with E-state index in [0.29, 0.717) is 16.9 Å². The topological polar surface area (TPSA) is 73.1 Å². The number of hydrogen-bond donors (Lipinski definition) is 1. The van der Waals surface area contributed by atoms with Crippen LogP contribution in [0.2, 0.25) is 0 Å². The third-order valence-electron chi connectivity index (χ3n) is 6.34. The van der Waals surface area contributed by atoms with Gasteiger partial charge >= 0.3 is 11.9 Å². The van der Waals surface area contributed by atoms with E-state index in [-0.39, 0.29) is 17.6 Å². The number of allylic oxidation sites excluding steroid dienone is 1. The zero-order chi connectivity index (χ0) is 25.3. The lowest BCUT2D eigenvalue weighted by Crippen LogP contribution is -2.41. The van der Waals surface area contributed by atoms with E-state index in [1.165, 1.54) is 34.0 Å². The molecule has 186 valence electrons. The van der Waals surface area contributed by atoms with Crippen LogP contribution in [0.5, 0.6) is 0 Å². The maximum Gasteiger partial charge on any atom is 0.416 e. The Morgan fingerprint density at radius 2 is 1.94 bits per heavy atom. The Morgan fingerprint density at radius 3 is 2.63 bits per heavy atom. The van der Waals surface area contributed by atoms with Crippen LogP contribution in [0.3, 0.4) is 0 Å². The van der Waals surface area contributed by atoms with Gasteiger partial charge in [-0.1, -0.05) is 17.7 Å². The van der Waals surface area contributed by atoms with Crippen LogP contribution in [0.4, 0.5) is 13.2 Å². The highest BCUT2D eigenvalue weighted by molar-refractivity contribution is 7.18. The second kappa shape index (κ2) is 9.85. The van der Waals surface area contributed by atoms with Gasteiger partial charge in [0.15, 0.2) is 0 Å². The lowest BCUT2D eigenvalue weighted by molar-refractivity contribution is -0.137. The van der Waals surface area contributed by atoms with Crippen molar-refractivity contribution in [2.75, 3.05) is 6.54 Å². The van der Waals surface area contributed by atoms with Crippen LogP contribution in [-0.4, -0.2) is 21.6 Å². The summed E-state index contributed by atoms with van der Waals surface area (Å²) in [5.74, 6) is -0.400. The van der Waals surface area contributed by atoms with Gasteiger partial charge in [0.2, 0.25) is 5.91 Å². The minimum absolute atomic E-state index is 0.196. The van der Waals surface area contributed by atoms with E-state index in [1.54, 1.807) is 13.8 Å². The van der Waals surface area contributed by atoms with Gasteiger partial charge in [-0.15, -0.1) is 11.3 Å². The van der Waals surface area contributed by atoms with Crippen molar-refractivity contribution < 1.29 is 18.0 Å². The van der Waals surface area contributed by atoms with Crippen molar-refractivity contribution in [1.29, 1.82) is 0 Å². The molecule has 0 fully saturated rings. The molecule has 10 heteroatoms. The monoisotopic (exact) mass is 505 g/mol. The van der Waals surface area contributed by atoms with Gasteiger partial charge in [-0.2, -0.15) is 13.2 Å². The number of benzene rings is 1. The second-order valence-corrected chi connectivity index (χ2v) is 9.93. The van der Waals surface area contributed by atoms with Gasteiger partial charge < -0.3 is 5.32 Å². The molecule has 0 spiro atoms. The molecule has 0 radical (unpaired) electrons. The number of fused-ring (bicyclic) bond motifs is 1. The molecule has 1 aliphatic rings. The Balaban J connectivity index is 1.73. The van der Waals surface area contributed by atoms with Crippen LogP contribution in [-0.2, 0) is 17.5 Å². The number of carbonyl (C=O) groups excluding carboxylic acids is 1. The van der Waals surface area contributed by atoms with Crippen LogP contribution in [0.25, 0.3) is 15.9 Å². The summed E-state index contributed by atoms with van der Waals surface area (Å²) in [4.78, 5) is 40.6. The zero-order valence-electron chi connectivity index (χ0n) is 19.5. The minimum Gasteiger partial charge on any atom is -0.354 e. The molecule has 0 aliphatic heterocycles. The molecular formula is C25H26F3N3O3S. The Kier molecular flexibility index (Phi) is 7.02. The molecule has 1 aliphatic carbocycles. The van der Waals surface area contributed by atoms with Crippen LogP contribution in [0.15, 0.2) is 45.5 Å². The third kappa shape index (κ3) is 5.12. The fraction of sp³-hybridized carbons (Fsp3) is 0.400. The van der Waals surface area contributed by atoms with Crippen molar-refractivity contribution in [3.8, 4) is 5.69 Å². The Morgan fingerprint density at radius 1 is 1.17 bits per heavy atom. The van der Waals surface area contributed by atoms with Gasteiger partial charge in [0, 0.05) is 11.4 Å². The number of nitrogens with zero attached hydrogens (tertiary/aromatic N) is 2. The van der Waals surface area contributed by atoms with Crippen molar-refractivity contribution in [3.05, 3.63) is 72.8 Å². The van der Waals surface area contributed by atoms with E-state index in [4.69, 9.17) is 0 Å². The lowest BCUT2D eigenvalue weighted by Gasteiger charge is -2.15. The molecule has 0 atom stereocenters. The van der Waals surface area contributed by atoms with Crippen molar-refractivity contribution in [1.82, 2.24) is 14.5 Å². The Hall–Kier alpha value is -3.14. The van der Waals surface area contributed by atoms with Gasteiger partial charge in [-0.05, 0) is 69.7 Å². The highest BCUT2D eigenvalue weighted by Crippen LogP contribution is 2.31. The minimum atomic E-state index is -4.63. The van der Waals surface area contributed by atoms with Crippen molar-refractivity contribution in [3.63, 3.8) is 0 Å². The first-order valence-corrected chi connectivity index (χ1v) is 12.3. The summed E-state index contributed by atoms with van der Waals surface area (Å²) >= 11 is 1.21. The number of amides is 1.